The fourth-order valence-electron chi connectivity index (χ4n) is 3.06. The number of nitrogens with one attached hydrogen (secondary N) is 1. The molecular weight excluding hydrogens is 362 g/mol. The summed E-state index contributed by atoms with van der Waals surface area (Å²) in [6.07, 6.45) is 4.67. The molecule has 1 fully saturated rings. The van der Waals surface area contributed by atoms with E-state index < -0.39 is 0 Å². The van der Waals surface area contributed by atoms with Crippen molar-refractivity contribution in [1.82, 2.24) is 15.0 Å². The van der Waals surface area contributed by atoms with Crippen LogP contribution in [-0.4, -0.2) is 53.4 Å². The summed E-state index contributed by atoms with van der Waals surface area (Å²) >= 11 is 1.52. The molecule has 0 saturated carbocycles. The number of aromatic nitrogens is 3. The van der Waals surface area contributed by atoms with Gasteiger partial charge in [0.2, 0.25) is 5.91 Å². The Morgan fingerprint density at radius 3 is 2.52 bits per heavy atom. The predicted molar refractivity (Wildman–Crippen MR) is 108 cm³/mol. The van der Waals surface area contributed by atoms with Gasteiger partial charge in [-0.25, -0.2) is 15.0 Å². The molecule has 8 heteroatoms. The molecule has 3 rings (SSSR count). The van der Waals surface area contributed by atoms with Gasteiger partial charge in [0, 0.05) is 30.9 Å². The minimum Gasteiger partial charge on any atom is -0.378 e. The molecule has 0 aromatic carbocycles. The fourth-order valence-corrected chi connectivity index (χ4v) is 3.52. The van der Waals surface area contributed by atoms with Gasteiger partial charge in [-0.1, -0.05) is 11.8 Å². The summed E-state index contributed by atoms with van der Waals surface area (Å²) in [5, 5.41) is 3.68. The lowest BCUT2D eigenvalue weighted by Crippen LogP contribution is -2.36. The molecule has 0 bridgehead atoms. The molecular formula is C19H25N5O2S. The molecule has 0 atom stereocenters. The van der Waals surface area contributed by atoms with Gasteiger partial charge in [-0.2, -0.15) is 0 Å². The van der Waals surface area contributed by atoms with Gasteiger partial charge in [-0.3, -0.25) is 4.79 Å². The van der Waals surface area contributed by atoms with E-state index in [0.717, 1.165) is 54.2 Å². The van der Waals surface area contributed by atoms with E-state index in [1.165, 1.54) is 11.8 Å². The van der Waals surface area contributed by atoms with Crippen LogP contribution in [0.25, 0.3) is 0 Å². The summed E-state index contributed by atoms with van der Waals surface area (Å²) in [6.45, 7) is 7.07. The molecule has 144 valence electrons. The van der Waals surface area contributed by atoms with Gasteiger partial charge >= 0.3 is 0 Å². The maximum atomic E-state index is 12.3. The third-order valence-electron chi connectivity index (χ3n) is 4.55. The van der Waals surface area contributed by atoms with E-state index in [2.05, 4.69) is 25.2 Å². The maximum absolute atomic E-state index is 12.3. The topological polar surface area (TPSA) is 80.2 Å². The van der Waals surface area contributed by atoms with Gasteiger partial charge in [0.05, 0.1) is 25.1 Å². The monoisotopic (exact) mass is 387 g/mol. The van der Waals surface area contributed by atoms with Crippen molar-refractivity contribution in [3.05, 3.63) is 35.3 Å². The average Bonchev–Trinajstić information content (AvgIpc) is 2.68. The Kier molecular flexibility index (Phi) is 6.63. The molecule has 1 saturated heterocycles. The number of rotatable bonds is 6. The first-order chi connectivity index (χ1) is 13.1. The molecule has 1 amide bonds. The standard InChI is InChI=1S/C19H25N5O2S/c1-13-16(14(2)22-19(21-13)27-3)5-7-18(25)23-15-4-6-17(20-12-15)24-8-10-26-11-9-24/h4,6,12H,5,7-11H2,1-3H3,(H,23,25). The Hall–Kier alpha value is -2.19. The van der Waals surface area contributed by atoms with Gasteiger partial charge in [0.15, 0.2) is 5.16 Å². The Bertz CT molecular complexity index is 768. The van der Waals surface area contributed by atoms with Crippen LogP contribution in [0.15, 0.2) is 23.5 Å². The van der Waals surface area contributed by atoms with Gasteiger partial charge in [0.25, 0.3) is 0 Å². The molecule has 0 unspecified atom stereocenters. The van der Waals surface area contributed by atoms with E-state index in [9.17, 15) is 4.79 Å². The zero-order valence-electron chi connectivity index (χ0n) is 16.0. The Morgan fingerprint density at radius 1 is 1.22 bits per heavy atom. The summed E-state index contributed by atoms with van der Waals surface area (Å²) in [4.78, 5) is 27.9. The molecule has 2 aromatic rings. The Balaban J connectivity index is 1.55. The fraction of sp³-hybridized carbons (Fsp3) is 0.474. The summed E-state index contributed by atoms with van der Waals surface area (Å²) in [5.74, 6) is 0.872. The van der Waals surface area contributed by atoms with Crippen LogP contribution in [0, 0.1) is 13.8 Å². The first kappa shape index (κ1) is 19.6. The van der Waals surface area contributed by atoms with Gasteiger partial charge in [-0.05, 0) is 44.2 Å². The zero-order valence-corrected chi connectivity index (χ0v) is 16.8. The number of hydrogen-bond donors (Lipinski definition) is 1. The molecule has 3 heterocycles. The van der Waals surface area contributed by atoms with Crippen LogP contribution in [0.4, 0.5) is 11.5 Å². The molecule has 1 aliphatic rings. The van der Waals surface area contributed by atoms with Crippen molar-refractivity contribution in [1.29, 1.82) is 0 Å². The summed E-state index contributed by atoms with van der Waals surface area (Å²) < 4.78 is 5.35. The highest BCUT2D eigenvalue weighted by atomic mass is 32.2. The van der Waals surface area contributed by atoms with Crippen LogP contribution in [-0.2, 0) is 16.0 Å². The van der Waals surface area contributed by atoms with E-state index in [1.807, 2.05) is 32.2 Å². The van der Waals surface area contributed by atoms with Crippen LogP contribution in [0.3, 0.4) is 0 Å². The second kappa shape index (κ2) is 9.14. The molecule has 1 N–H and O–H groups in total. The first-order valence-corrected chi connectivity index (χ1v) is 10.3. The van der Waals surface area contributed by atoms with Crippen molar-refractivity contribution in [2.24, 2.45) is 0 Å². The number of hydrogen-bond acceptors (Lipinski definition) is 7. The van der Waals surface area contributed by atoms with Gasteiger partial charge in [-0.15, -0.1) is 0 Å². The van der Waals surface area contributed by atoms with E-state index >= 15 is 0 Å². The van der Waals surface area contributed by atoms with Crippen LogP contribution in [0.1, 0.15) is 23.4 Å². The number of morpholine rings is 1. The molecule has 1 aliphatic heterocycles. The predicted octanol–water partition coefficient (Wildman–Crippen LogP) is 2.62. The van der Waals surface area contributed by atoms with E-state index in [4.69, 9.17) is 4.74 Å². The lowest BCUT2D eigenvalue weighted by molar-refractivity contribution is -0.116. The van der Waals surface area contributed by atoms with Crippen LogP contribution in [0.2, 0.25) is 0 Å². The summed E-state index contributed by atoms with van der Waals surface area (Å²) in [6, 6.07) is 3.83. The number of nitrogens with zero attached hydrogens (tertiary/aromatic N) is 4. The lowest BCUT2D eigenvalue weighted by Gasteiger charge is -2.27. The van der Waals surface area contributed by atoms with Gasteiger partial charge < -0.3 is 15.0 Å². The van der Waals surface area contributed by atoms with Crippen LogP contribution in [0.5, 0.6) is 0 Å². The number of aryl methyl sites for hydroxylation is 2. The number of anilines is 2. The second-order valence-electron chi connectivity index (χ2n) is 6.41. The quantitative estimate of drug-likeness (QED) is 0.603. The molecule has 0 aliphatic carbocycles. The van der Waals surface area contributed by atoms with Crippen molar-refractivity contribution in [2.75, 3.05) is 42.8 Å². The van der Waals surface area contributed by atoms with Crippen molar-refractivity contribution in [3.63, 3.8) is 0 Å². The third-order valence-corrected chi connectivity index (χ3v) is 5.10. The summed E-state index contributed by atoms with van der Waals surface area (Å²) in [5.41, 5.74) is 3.63. The highest BCUT2D eigenvalue weighted by molar-refractivity contribution is 7.98. The lowest BCUT2D eigenvalue weighted by atomic mass is 10.1. The Morgan fingerprint density at radius 2 is 1.93 bits per heavy atom. The number of ether oxygens (including phenoxy) is 1. The number of pyridine rings is 1. The smallest absolute Gasteiger partial charge is 0.224 e. The van der Waals surface area contributed by atoms with E-state index in [0.29, 0.717) is 18.5 Å². The van der Waals surface area contributed by atoms with Crippen molar-refractivity contribution < 1.29 is 9.53 Å². The number of carbonyl (C=O) groups excluding carboxylic acids is 1. The zero-order chi connectivity index (χ0) is 19.2. The van der Waals surface area contributed by atoms with Crippen LogP contribution >= 0.6 is 11.8 Å². The molecule has 2 aromatic heterocycles. The molecule has 0 radical (unpaired) electrons. The number of amides is 1. The van der Waals surface area contributed by atoms with Gasteiger partial charge in [0.1, 0.15) is 5.82 Å². The first-order valence-electron chi connectivity index (χ1n) is 9.03. The summed E-state index contributed by atoms with van der Waals surface area (Å²) in [7, 11) is 0. The van der Waals surface area contributed by atoms with Crippen molar-refractivity contribution >= 4 is 29.2 Å². The second-order valence-corrected chi connectivity index (χ2v) is 7.19. The third kappa shape index (κ3) is 5.17. The van der Waals surface area contributed by atoms with Crippen LogP contribution < -0.4 is 10.2 Å². The Labute approximate surface area is 163 Å². The van der Waals surface area contributed by atoms with E-state index in [-0.39, 0.29) is 5.91 Å². The molecule has 7 nitrogen and oxygen atoms in total. The minimum atomic E-state index is -0.0383. The largest absolute Gasteiger partial charge is 0.378 e. The average molecular weight is 388 g/mol. The maximum Gasteiger partial charge on any atom is 0.224 e. The molecule has 27 heavy (non-hydrogen) atoms. The highest BCUT2D eigenvalue weighted by Gasteiger charge is 2.13. The minimum absolute atomic E-state index is 0.0383. The number of thioether (sulfide) groups is 1. The van der Waals surface area contributed by atoms with E-state index in [1.54, 1.807) is 6.20 Å². The van der Waals surface area contributed by atoms with Crippen molar-refractivity contribution in [3.8, 4) is 0 Å². The molecule has 0 spiro atoms. The highest BCUT2D eigenvalue weighted by Crippen LogP contribution is 2.18. The van der Waals surface area contributed by atoms with Crippen molar-refractivity contribution in [2.45, 2.75) is 31.8 Å². The number of carbonyl (C=O) groups is 1. The SMILES string of the molecule is CSc1nc(C)c(CCC(=O)Nc2ccc(N3CCOCC3)nc2)c(C)n1. The normalized spacial score (nSPS) is 14.3.